The molecule has 0 aliphatic rings. The van der Waals surface area contributed by atoms with Crippen LogP contribution in [-0.2, 0) is 0 Å². The lowest BCUT2D eigenvalue weighted by molar-refractivity contribution is 0.0837. The van der Waals surface area contributed by atoms with Crippen LogP contribution in [0.3, 0.4) is 0 Å². The van der Waals surface area contributed by atoms with Crippen LogP contribution in [-0.4, -0.2) is 28.7 Å². The fourth-order valence-corrected chi connectivity index (χ4v) is 1.45. The van der Waals surface area contributed by atoms with Crippen LogP contribution < -0.4 is 9.47 Å². The third kappa shape index (κ3) is 3.10. The van der Waals surface area contributed by atoms with Crippen LogP contribution in [0.4, 0.5) is 0 Å². The summed E-state index contributed by atoms with van der Waals surface area (Å²) in [5.74, 6) is 1.16. The Kier molecular flexibility index (Phi) is 3.96. The molecule has 0 saturated heterocycles. The van der Waals surface area contributed by atoms with Crippen LogP contribution in [0.5, 0.6) is 11.5 Å². The molecule has 5 nitrogen and oxygen atoms in total. The van der Waals surface area contributed by atoms with Crippen LogP contribution in [0, 0.1) is 0 Å². The zero-order valence-corrected chi connectivity index (χ0v) is 10.1. The minimum Gasteiger partial charge on any atom is -0.494 e. The van der Waals surface area contributed by atoms with E-state index in [4.69, 9.17) is 9.47 Å². The quantitative estimate of drug-likeness (QED) is 0.809. The molecule has 0 aliphatic heterocycles. The van der Waals surface area contributed by atoms with Gasteiger partial charge >= 0.3 is 0 Å². The molecule has 0 atom stereocenters. The first-order valence-corrected chi connectivity index (χ1v) is 5.66. The van der Waals surface area contributed by atoms with Gasteiger partial charge in [0.25, 0.3) is 5.91 Å². The number of nitrogens with zero attached hydrogens (tertiary/aromatic N) is 2. The molecule has 2 aromatic rings. The molecule has 94 valence electrons. The molecule has 0 bridgehead atoms. The number of hydrogen-bond donors (Lipinski definition) is 0. The number of carbonyl (C=O) groups is 1. The van der Waals surface area contributed by atoms with Crippen molar-refractivity contribution in [1.82, 2.24) is 9.55 Å². The molecule has 0 amide bonds. The van der Waals surface area contributed by atoms with Crippen molar-refractivity contribution in [3.63, 3.8) is 0 Å². The first-order chi connectivity index (χ1) is 8.79. The Bertz CT molecular complexity index is 509. The molecule has 0 unspecified atom stereocenters. The largest absolute Gasteiger partial charge is 0.494 e. The van der Waals surface area contributed by atoms with Gasteiger partial charge in [0.05, 0.1) is 6.61 Å². The molecule has 0 fully saturated rings. The second kappa shape index (κ2) is 5.86. The van der Waals surface area contributed by atoms with Crippen molar-refractivity contribution in [1.29, 1.82) is 0 Å². The minimum atomic E-state index is -0.172. The summed E-state index contributed by atoms with van der Waals surface area (Å²) in [5, 5.41) is 0. The number of aromatic nitrogens is 2. The van der Waals surface area contributed by atoms with E-state index >= 15 is 0 Å². The molecule has 18 heavy (non-hydrogen) atoms. The van der Waals surface area contributed by atoms with Gasteiger partial charge in [0, 0.05) is 18.5 Å². The molecule has 0 saturated carbocycles. The average molecular weight is 246 g/mol. The fraction of sp³-hybridized carbons (Fsp3) is 0.231. The summed E-state index contributed by atoms with van der Waals surface area (Å²) in [6, 6.07) is 7.20. The van der Waals surface area contributed by atoms with E-state index in [1.165, 1.54) is 10.9 Å². The molecule has 0 radical (unpaired) electrons. The topological polar surface area (TPSA) is 53.4 Å². The summed E-state index contributed by atoms with van der Waals surface area (Å²) in [5.41, 5.74) is 0. The number of hydrogen-bond acceptors (Lipinski definition) is 4. The third-order valence-corrected chi connectivity index (χ3v) is 2.27. The van der Waals surface area contributed by atoms with E-state index in [-0.39, 0.29) is 12.5 Å². The Hall–Kier alpha value is -2.30. The normalized spacial score (nSPS) is 10.1. The van der Waals surface area contributed by atoms with Gasteiger partial charge in [0.1, 0.15) is 17.8 Å². The molecular formula is C13H14N2O3. The van der Waals surface area contributed by atoms with Gasteiger partial charge in [-0.25, -0.2) is 4.98 Å². The lowest BCUT2D eigenvalue weighted by Gasteiger charge is -2.08. The van der Waals surface area contributed by atoms with Crippen molar-refractivity contribution >= 4 is 5.91 Å². The van der Waals surface area contributed by atoms with Gasteiger partial charge in [0.2, 0.25) is 0 Å². The second-order valence-corrected chi connectivity index (χ2v) is 3.56. The Morgan fingerprint density at radius 1 is 1.33 bits per heavy atom. The predicted octanol–water partition coefficient (Wildman–Crippen LogP) is 2.00. The van der Waals surface area contributed by atoms with Gasteiger partial charge in [-0.05, 0) is 19.1 Å². The maximum atomic E-state index is 11.7. The first kappa shape index (κ1) is 12.2. The predicted molar refractivity (Wildman–Crippen MR) is 66.0 cm³/mol. The highest BCUT2D eigenvalue weighted by Crippen LogP contribution is 2.19. The maximum absolute atomic E-state index is 11.7. The van der Waals surface area contributed by atoms with Gasteiger partial charge in [0.15, 0.2) is 6.61 Å². The van der Waals surface area contributed by atoms with Gasteiger partial charge in [-0.15, -0.1) is 0 Å². The zero-order valence-electron chi connectivity index (χ0n) is 10.1. The lowest BCUT2D eigenvalue weighted by Crippen LogP contribution is -2.17. The average Bonchev–Trinajstić information content (AvgIpc) is 2.91. The minimum absolute atomic E-state index is 0.0358. The zero-order chi connectivity index (χ0) is 12.8. The standard InChI is InChI=1S/C13H14N2O3/c1-2-17-11-4-3-5-12(8-11)18-9-13(16)15-7-6-14-10-15/h3-8,10H,2,9H2,1H3. The molecule has 0 N–H and O–H groups in total. The lowest BCUT2D eigenvalue weighted by atomic mass is 10.3. The second-order valence-electron chi connectivity index (χ2n) is 3.56. The van der Waals surface area contributed by atoms with Crippen molar-refractivity contribution < 1.29 is 14.3 Å². The third-order valence-electron chi connectivity index (χ3n) is 2.27. The van der Waals surface area contributed by atoms with E-state index in [1.807, 2.05) is 19.1 Å². The van der Waals surface area contributed by atoms with Crippen LogP contribution in [0.15, 0.2) is 43.0 Å². The van der Waals surface area contributed by atoms with E-state index in [9.17, 15) is 4.79 Å². The molecule has 1 heterocycles. The smallest absolute Gasteiger partial charge is 0.269 e. The number of benzene rings is 1. The van der Waals surface area contributed by atoms with Gasteiger partial charge in [-0.1, -0.05) is 6.07 Å². The summed E-state index contributed by atoms with van der Waals surface area (Å²) in [7, 11) is 0. The molecule has 1 aromatic carbocycles. The van der Waals surface area contributed by atoms with E-state index < -0.39 is 0 Å². The highest BCUT2D eigenvalue weighted by molar-refractivity contribution is 5.80. The van der Waals surface area contributed by atoms with Crippen molar-refractivity contribution in [3.05, 3.63) is 43.0 Å². The van der Waals surface area contributed by atoms with E-state index in [2.05, 4.69) is 4.98 Å². The maximum Gasteiger partial charge on any atom is 0.269 e. The van der Waals surface area contributed by atoms with E-state index in [1.54, 1.807) is 24.5 Å². The Morgan fingerprint density at radius 3 is 2.78 bits per heavy atom. The molecule has 5 heteroatoms. The number of ether oxygens (including phenoxy) is 2. The number of carbonyl (C=O) groups excluding carboxylic acids is 1. The van der Waals surface area contributed by atoms with Crippen LogP contribution in [0.2, 0.25) is 0 Å². The summed E-state index contributed by atoms with van der Waals surface area (Å²) < 4.78 is 12.1. The molecule has 0 aliphatic carbocycles. The van der Waals surface area contributed by atoms with E-state index in [0.29, 0.717) is 12.4 Å². The van der Waals surface area contributed by atoms with Gasteiger partial charge in [-0.2, -0.15) is 0 Å². The Balaban J connectivity index is 1.93. The highest BCUT2D eigenvalue weighted by Gasteiger charge is 2.05. The fourth-order valence-electron chi connectivity index (χ4n) is 1.45. The Labute approximate surface area is 105 Å². The molecular weight excluding hydrogens is 232 g/mol. The van der Waals surface area contributed by atoms with Crippen LogP contribution >= 0.6 is 0 Å². The van der Waals surface area contributed by atoms with Crippen molar-refractivity contribution in [2.75, 3.05) is 13.2 Å². The van der Waals surface area contributed by atoms with Crippen LogP contribution in [0.1, 0.15) is 11.7 Å². The van der Waals surface area contributed by atoms with E-state index in [0.717, 1.165) is 5.75 Å². The highest BCUT2D eigenvalue weighted by atomic mass is 16.5. The van der Waals surface area contributed by atoms with Crippen molar-refractivity contribution in [3.8, 4) is 11.5 Å². The molecule has 2 rings (SSSR count). The molecule has 1 aromatic heterocycles. The number of imidazole rings is 1. The summed E-state index contributed by atoms with van der Waals surface area (Å²) >= 11 is 0. The van der Waals surface area contributed by atoms with Crippen LogP contribution in [0.25, 0.3) is 0 Å². The van der Waals surface area contributed by atoms with Crippen molar-refractivity contribution in [2.45, 2.75) is 6.92 Å². The van der Waals surface area contributed by atoms with Gasteiger partial charge in [-0.3, -0.25) is 9.36 Å². The Morgan fingerprint density at radius 2 is 2.11 bits per heavy atom. The monoisotopic (exact) mass is 246 g/mol. The summed E-state index contributed by atoms with van der Waals surface area (Å²) in [6.07, 6.45) is 4.58. The molecule has 0 spiro atoms. The number of rotatable bonds is 5. The van der Waals surface area contributed by atoms with Crippen molar-refractivity contribution in [2.24, 2.45) is 0 Å². The summed E-state index contributed by atoms with van der Waals surface area (Å²) in [4.78, 5) is 15.5. The summed E-state index contributed by atoms with van der Waals surface area (Å²) in [6.45, 7) is 2.47. The SMILES string of the molecule is CCOc1cccc(OCC(=O)n2ccnc2)c1. The first-order valence-electron chi connectivity index (χ1n) is 5.66. The van der Waals surface area contributed by atoms with Gasteiger partial charge < -0.3 is 9.47 Å².